The lowest BCUT2D eigenvalue weighted by Crippen LogP contribution is -2.22. The summed E-state index contributed by atoms with van der Waals surface area (Å²) < 4.78 is 0. The highest BCUT2D eigenvalue weighted by Gasteiger charge is 2.04. The Hall–Kier alpha value is -2.69. The van der Waals surface area contributed by atoms with Gasteiger partial charge in [0.05, 0.1) is 11.4 Å². The summed E-state index contributed by atoms with van der Waals surface area (Å²) in [5.41, 5.74) is 8.58. The summed E-state index contributed by atoms with van der Waals surface area (Å²) in [6, 6.07) is 14.5. The van der Waals surface area contributed by atoms with E-state index < -0.39 is 0 Å². The maximum Gasteiger partial charge on any atom is 0.223 e. The van der Waals surface area contributed by atoms with E-state index in [1.54, 1.807) is 36.2 Å². The molecule has 0 atom stereocenters. The zero-order chi connectivity index (χ0) is 14.5. The van der Waals surface area contributed by atoms with Crippen LogP contribution in [0.5, 0.6) is 0 Å². The van der Waals surface area contributed by atoms with Crippen LogP contribution in [0.15, 0.2) is 58.8 Å². The molecular weight excluding hydrogens is 252 g/mol. The number of hydrogen-bond acceptors (Lipinski definition) is 4. The first kappa shape index (κ1) is 13.7. The van der Waals surface area contributed by atoms with Crippen molar-refractivity contribution in [3.63, 3.8) is 0 Å². The van der Waals surface area contributed by atoms with E-state index in [1.165, 1.54) is 6.92 Å². The Morgan fingerprint density at radius 3 is 1.85 bits per heavy atom. The predicted molar refractivity (Wildman–Crippen MR) is 80.6 cm³/mol. The SMILES string of the molecule is CC(=O)N(C)c1ccc(N=Nc2ccc(N)cc2)cc1. The first-order valence-corrected chi connectivity index (χ1v) is 6.18. The van der Waals surface area contributed by atoms with Crippen molar-refractivity contribution in [1.82, 2.24) is 0 Å². The topological polar surface area (TPSA) is 71.0 Å². The lowest BCUT2D eigenvalue weighted by atomic mass is 10.2. The van der Waals surface area contributed by atoms with Gasteiger partial charge in [-0.15, -0.1) is 0 Å². The molecule has 0 aliphatic carbocycles. The number of rotatable bonds is 3. The predicted octanol–water partition coefficient (Wildman–Crippen LogP) is 3.67. The van der Waals surface area contributed by atoms with E-state index in [0.29, 0.717) is 5.69 Å². The molecule has 20 heavy (non-hydrogen) atoms. The maximum atomic E-state index is 11.2. The van der Waals surface area contributed by atoms with Crippen LogP contribution in [0.2, 0.25) is 0 Å². The molecule has 0 heterocycles. The van der Waals surface area contributed by atoms with E-state index >= 15 is 0 Å². The van der Waals surface area contributed by atoms with Crippen molar-refractivity contribution in [2.45, 2.75) is 6.92 Å². The molecule has 2 N–H and O–H groups in total. The molecule has 0 aromatic heterocycles. The number of azo groups is 1. The number of nitrogens with zero attached hydrogens (tertiary/aromatic N) is 3. The summed E-state index contributed by atoms with van der Waals surface area (Å²) in [5.74, 6) is -0.0127. The summed E-state index contributed by atoms with van der Waals surface area (Å²) in [4.78, 5) is 12.8. The van der Waals surface area contributed by atoms with E-state index in [2.05, 4.69) is 10.2 Å². The van der Waals surface area contributed by atoms with Gasteiger partial charge >= 0.3 is 0 Å². The van der Waals surface area contributed by atoms with Crippen LogP contribution in [0.4, 0.5) is 22.7 Å². The molecule has 0 aliphatic rings. The average Bonchev–Trinajstić information content (AvgIpc) is 2.46. The van der Waals surface area contributed by atoms with Crippen molar-refractivity contribution >= 4 is 28.7 Å². The highest BCUT2D eigenvalue weighted by molar-refractivity contribution is 5.90. The van der Waals surface area contributed by atoms with Crippen LogP contribution >= 0.6 is 0 Å². The van der Waals surface area contributed by atoms with Gasteiger partial charge in [-0.1, -0.05) is 0 Å². The summed E-state index contributed by atoms with van der Waals surface area (Å²) >= 11 is 0. The molecule has 0 saturated carbocycles. The van der Waals surface area contributed by atoms with Gasteiger partial charge in [0.2, 0.25) is 5.91 Å². The summed E-state index contributed by atoms with van der Waals surface area (Å²) in [6.45, 7) is 1.52. The largest absolute Gasteiger partial charge is 0.399 e. The van der Waals surface area contributed by atoms with Gasteiger partial charge in [-0.2, -0.15) is 10.2 Å². The van der Waals surface area contributed by atoms with Crippen LogP contribution < -0.4 is 10.6 Å². The fourth-order valence-electron chi connectivity index (χ4n) is 1.58. The Kier molecular flexibility index (Phi) is 4.10. The standard InChI is InChI=1S/C15H16N4O/c1-11(20)19(2)15-9-7-14(8-10-15)18-17-13-5-3-12(16)4-6-13/h3-10H,16H2,1-2H3. The third-order valence-electron chi connectivity index (χ3n) is 2.88. The van der Waals surface area contributed by atoms with Gasteiger partial charge in [-0.25, -0.2) is 0 Å². The number of anilines is 2. The van der Waals surface area contributed by atoms with Crippen LogP contribution in [0, 0.1) is 0 Å². The number of nitrogen functional groups attached to an aromatic ring is 1. The zero-order valence-electron chi connectivity index (χ0n) is 11.4. The second kappa shape index (κ2) is 5.97. The van der Waals surface area contributed by atoms with Crippen LogP contribution in [0.1, 0.15) is 6.92 Å². The molecule has 0 bridgehead atoms. The molecule has 2 rings (SSSR count). The van der Waals surface area contributed by atoms with Gasteiger partial charge in [0.15, 0.2) is 0 Å². The number of carbonyl (C=O) groups is 1. The van der Waals surface area contributed by atoms with E-state index in [4.69, 9.17) is 5.73 Å². The minimum Gasteiger partial charge on any atom is -0.399 e. The van der Waals surface area contributed by atoms with Crippen LogP contribution in [-0.2, 0) is 4.79 Å². The third-order valence-corrected chi connectivity index (χ3v) is 2.88. The lowest BCUT2D eigenvalue weighted by Gasteiger charge is -2.14. The van der Waals surface area contributed by atoms with Gasteiger partial charge in [-0.05, 0) is 48.5 Å². The Bertz CT molecular complexity index is 617. The molecule has 102 valence electrons. The monoisotopic (exact) mass is 268 g/mol. The Labute approximate surface area is 117 Å². The number of carbonyl (C=O) groups excluding carboxylic acids is 1. The van der Waals surface area contributed by atoms with Crippen LogP contribution in [-0.4, -0.2) is 13.0 Å². The molecule has 0 fully saturated rings. The van der Waals surface area contributed by atoms with Gasteiger partial charge in [0.1, 0.15) is 0 Å². The molecule has 0 aliphatic heterocycles. The first-order valence-electron chi connectivity index (χ1n) is 6.18. The van der Waals surface area contributed by atoms with Crippen LogP contribution in [0.25, 0.3) is 0 Å². The normalized spacial score (nSPS) is 10.7. The molecular formula is C15H16N4O. The minimum atomic E-state index is -0.0127. The number of hydrogen-bond donors (Lipinski definition) is 1. The Balaban J connectivity index is 2.10. The van der Waals surface area contributed by atoms with Gasteiger partial charge in [0.25, 0.3) is 0 Å². The maximum absolute atomic E-state index is 11.2. The van der Waals surface area contributed by atoms with E-state index in [9.17, 15) is 4.79 Å². The highest BCUT2D eigenvalue weighted by atomic mass is 16.2. The second-order valence-electron chi connectivity index (χ2n) is 4.39. The third kappa shape index (κ3) is 3.41. The molecule has 5 heteroatoms. The molecule has 1 amide bonds. The van der Waals surface area contributed by atoms with Crippen molar-refractivity contribution in [2.75, 3.05) is 17.7 Å². The molecule has 5 nitrogen and oxygen atoms in total. The zero-order valence-corrected chi connectivity index (χ0v) is 11.4. The molecule has 0 unspecified atom stereocenters. The summed E-state index contributed by atoms with van der Waals surface area (Å²) in [7, 11) is 1.73. The molecule has 0 saturated heterocycles. The Morgan fingerprint density at radius 1 is 0.950 bits per heavy atom. The smallest absolute Gasteiger partial charge is 0.223 e. The van der Waals surface area contributed by atoms with E-state index in [1.807, 2.05) is 24.3 Å². The number of amides is 1. The fraction of sp³-hybridized carbons (Fsp3) is 0.133. The van der Waals surface area contributed by atoms with Crippen molar-refractivity contribution in [3.05, 3.63) is 48.5 Å². The van der Waals surface area contributed by atoms with E-state index in [-0.39, 0.29) is 5.91 Å². The van der Waals surface area contributed by atoms with Crippen molar-refractivity contribution in [3.8, 4) is 0 Å². The summed E-state index contributed by atoms with van der Waals surface area (Å²) in [6.07, 6.45) is 0. The van der Waals surface area contributed by atoms with Gasteiger partial charge < -0.3 is 10.6 Å². The first-order chi connectivity index (χ1) is 9.56. The quantitative estimate of drug-likeness (QED) is 0.681. The minimum absolute atomic E-state index is 0.0127. The average molecular weight is 268 g/mol. The lowest BCUT2D eigenvalue weighted by molar-refractivity contribution is -0.116. The molecule has 2 aromatic carbocycles. The Morgan fingerprint density at radius 2 is 1.40 bits per heavy atom. The van der Waals surface area contributed by atoms with Gasteiger partial charge in [0, 0.05) is 25.3 Å². The number of nitrogens with two attached hydrogens (primary N) is 1. The molecule has 2 aromatic rings. The fourth-order valence-corrected chi connectivity index (χ4v) is 1.58. The van der Waals surface area contributed by atoms with E-state index in [0.717, 1.165) is 17.1 Å². The van der Waals surface area contributed by atoms with Crippen molar-refractivity contribution < 1.29 is 4.79 Å². The van der Waals surface area contributed by atoms with Crippen LogP contribution in [0.3, 0.4) is 0 Å². The number of benzene rings is 2. The molecule has 0 radical (unpaired) electrons. The van der Waals surface area contributed by atoms with Gasteiger partial charge in [-0.3, -0.25) is 4.79 Å². The second-order valence-corrected chi connectivity index (χ2v) is 4.39. The molecule has 0 spiro atoms. The van der Waals surface area contributed by atoms with Crippen molar-refractivity contribution in [1.29, 1.82) is 0 Å². The summed E-state index contributed by atoms with van der Waals surface area (Å²) in [5, 5.41) is 8.25. The van der Waals surface area contributed by atoms with Crippen molar-refractivity contribution in [2.24, 2.45) is 10.2 Å². The highest BCUT2D eigenvalue weighted by Crippen LogP contribution is 2.22.